The number of likely N-dealkylation sites (N-methyl/N-ethyl adjacent to an activating group) is 1. The van der Waals surface area contributed by atoms with Crippen LogP contribution in [0.5, 0.6) is 0 Å². The summed E-state index contributed by atoms with van der Waals surface area (Å²) in [5.74, 6) is 0.0165. The summed E-state index contributed by atoms with van der Waals surface area (Å²) in [6.45, 7) is 2.78. The van der Waals surface area contributed by atoms with E-state index in [1.807, 2.05) is 11.0 Å². The molecule has 0 aliphatic carbocycles. The SMILES string of the molecule is CNC(=O)CN1CCC12CCN(C(=O)c1ccccn1)C2. The van der Waals surface area contributed by atoms with E-state index >= 15 is 0 Å². The summed E-state index contributed by atoms with van der Waals surface area (Å²) in [6.07, 6.45) is 3.62. The number of carbonyl (C=O) groups is 2. The zero-order chi connectivity index (χ0) is 14.9. The molecule has 1 unspecified atom stereocenters. The third-order valence-electron chi connectivity index (χ3n) is 4.63. The molecule has 1 spiro atoms. The van der Waals surface area contributed by atoms with Crippen LogP contribution in [0.25, 0.3) is 0 Å². The van der Waals surface area contributed by atoms with Crippen LogP contribution in [0.4, 0.5) is 0 Å². The van der Waals surface area contributed by atoms with E-state index in [4.69, 9.17) is 0 Å². The maximum absolute atomic E-state index is 12.4. The quantitative estimate of drug-likeness (QED) is 0.858. The maximum atomic E-state index is 12.4. The van der Waals surface area contributed by atoms with Crippen molar-refractivity contribution in [2.75, 3.05) is 33.2 Å². The van der Waals surface area contributed by atoms with Crippen LogP contribution < -0.4 is 5.32 Å². The van der Waals surface area contributed by atoms with E-state index < -0.39 is 0 Å². The van der Waals surface area contributed by atoms with E-state index in [0.29, 0.717) is 18.8 Å². The Kier molecular flexibility index (Phi) is 3.63. The van der Waals surface area contributed by atoms with Crippen molar-refractivity contribution in [3.8, 4) is 0 Å². The third-order valence-corrected chi connectivity index (χ3v) is 4.63. The zero-order valence-corrected chi connectivity index (χ0v) is 12.2. The highest BCUT2D eigenvalue weighted by molar-refractivity contribution is 5.92. The molecule has 2 amide bonds. The Labute approximate surface area is 124 Å². The largest absolute Gasteiger partial charge is 0.358 e. The number of nitrogens with one attached hydrogen (secondary N) is 1. The topological polar surface area (TPSA) is 65.5 Å². The molecule has 0 bridgehead atoms. The van der Waals surface area contributed by atoms with Crippen molar-refractivity contribution in [1.82, 2.24) is 20.1 Å². The van der Waals surface area contributed by atoms with E-state index in [1.54, 1.807) is 25.4 Å². The first-order valence-corrected chi connectivity index (χ1v) is 7.31. The number of pyridine rings is 1. The lowest BCUT2D eigenvalue weighted by Crippen LogP contribution is -2.63. The lowest BCUT2D eigenvalue weighted by molar-refractivity contribution is -0.126. The Morgan fingerprint density at radius 1 is 1.33 bits per heavy atom. The van der Waals surface area contributed by atoms with Crippen molar-refractivity contribution in [1.29, 1.82) is 0 Å². The highest BCUT2D eigenvalue weighted by atomic mass is 16.2. The summed E-state index contributed by atoms with van der Waals surface area (Å²) >= 11 is 0. The van der Waals surface area contributed by atoms with Crippen LogP contribution >= 0.6 is 0 Å². The van der Waals surface area contributed by atoms with Gasteiger partial charge in [0.2, 0.25) is 5.91 Å². The highest BCUT2D eigenvalue weighted by Gasteiger charge is 2.50. The lowest BCUT2D eigenvalue weighted by atomic mass is 9.83. The fourth-order valence-corrected chi connectivity index (χ4v) is 3.23. The van der Waals surface area contributed by atoms with Crippen molar-refractivity contribution in [3.63, 3.8) is 0 Å². The minimum Gasteiger partial charge on any atom is -0.358 e. The Morgan fingerprint density at radius 2 is 2.14 bits per heavy atom. The molecule has 2 fully saturated rings. The van der Waals surface area contributed by atoms with Gasteiger partial charge in [-0.15, -0.1) is 0 Å². The molecule has 2 saturated heterocycles. The van der Waals surface area contributed by atoms with E-state index in [9.17, 15) is 9.59 Å². The molecule has 6 nitrogen and oxygen atoms in total. The lowest BCUT2D eigenvalue weighted by Gasteiger charge is -2.50. The van der Waals surface area contributed by atoms with E-state index in [-0.39, 0.29) is 17.4 Å². The van der Waals surface area contributed by atoms with Gasteiger partial charge in [0.05, 0.1) is 6.54 Å². The fourth-order valence-electron chi connectivity index (χ4n) is 3.23. The number of nitrogens with zero attached hydrogens (tertiary/aromatic N) is 3. The summed E-state index contributed by atoms with van der Waals surface area (Å²) in [4.78, 5) is 32.2. The average Bonchev–Trinajstić information content (AvgIpc) is 2.99. The standard InChI is InChI=1S/C15H20N4O2/c1-16-13(20)10-19-9-6-15(19)5-8-18(11-15)14(21)12-4-2-3-7-17-12/h2-4,7H,5-6,8-11H2,1H3,(H,16,20). The molecule has 0 saturated carbocycles. The molecule has 112 valence electrons. The van der Waals surface area contributed by atoms with Crippen LogP contribution in [-0.2, 0) is 4.79 Å². The molecule has 1 aromatic heterocycles. The van der Waals surface area contributed by atoms with Gasteiger partial charge in [-0.3, -0.25) is 19.5 Å². The highest BCUT2D eigenvalue weighted by Crippen LogP contribution is 2.39. The predicted molar refractivity (Wildman–Crippen MR) is 77.7 cm³/mol. The smallest absolute Gasteiger partial charge is 0.272 e. The monoisotopic (exact) mass is 288 g/mol. The van der Waals surface area contributed by atoms with Gasteiger partial charge >= 0.3 is 0 Å². The second kappa shape index (κ2) is 5.44. The maximum Gasteiger partial charge on any atom is 0.272 e. The van der Waals surface area contributed by atoms with Crippen LogP contribution in [-0.4, -0.2) is 65.4 Å². The molecule has 2 aliphatic heterocycles. The fraction of sp³-hybridized carbons (Fsp3) is 0.533. The molecule has 3 rings (SSSR count). The Bertz CT molecular complexity index is 548. The number of aromatic nitrogens is 1. The van der Waals surface area contributed by atoms with Crippen LogP contribution in [0.3, 0.4) is 0 Å². The van der Waals surface area contributed by atoms with E-state index in [2.05, 4.69) is 15.2 Å². The number of likely N-dealkylation sites (tertiary alicyclic amines) is 2. The average molecular weight is 288 g/mol. The van der Waals surface area contributed by atoms with Crippen molar-refractivity contribution < 1.29 is 9.59 Å². The summed E-state index contributed by atoms with van der Waals surface area (Å²) in [5, 5.41) is 2.66. The van der Waals surface area contributed by atoms with Crippen LogP contribution in [0.1, 0.15) is 23.3 Å². The van der Waals surface area contributed by atoms with Crippen molar-refractivity contribution in [3.05, 3.63) is 30.1 Å². The summed E-state index contributed by atoms with van der Waals surface area (Å²) < 4.78 is 0. The van der Waals surface area contributed by atoms with Crippen LogP contribution in [0.15, 0.2) is 24.4 Å². The van der Waals surface area contributed by atoms with Gasteiger partial charge < -0.3 is 10.2 Å². The molecular weight excluding hydrogens is 268 g/mol. The number of amides is 2. The van der Waals surface area contributed by atoms with Crippen molar-refractivity contribution >= 4 is 11.8 Å². The van der Waals surface area contributed by atoms with Crippen molar-refractivity contribution in [2.45, 2.75) is 18.4 Å². The second-order valence-electron chi connectivity index (χ2n) is 5.76. The van der Waals surface area contributed by atoms with E-state index in [1.165, 1.54) is 0 Å². The Morgan fingerprint density at radius 3 is 2.76 bits per heavy atom. The van der Waals surface area contributed by atoms with Crippen LogP contribution in [0.2, 0.25) is 0 Å². The zero-order valence-electron chi connectivity index (χ0n) is 12.2. The molecule has 1 aromatic rings. The minimum atomic E-state index is -0.0146. The molecule has 3 heterocycles. The number of rotatable bonds is 3. The Balaban J connectivity index is 1.65. The molecule has 21 heavy (non-hydrogen) atoms. The molecule has 0 radical (unpaired) electrons. The minimum absolute atomic E-state index is 0.00303. The first kappa shape index (κ1) is 14.0. The first-order chi connectivity index (χ1) is 10.1. The van der Waals surface area contributed by atoms with Crippen LogP contribution in [0, 0.1) is 0 Å². The number of hydrogen-bond donors (Lipinski definition) is 1. The molecule has 0 aromatic carbocycles. The van der Waals surface area contributed by atoms with Crippen molar-refractivity contribution in [2.24, 2.45) is 0 Å². The van der Waals surface area contributed by atoms with Gasteiger partial charge in [-0.25, -0.2) is 0 Å². The summed E-state index contributed by atoms with van der Waals surface area (Å²) in [5.41, 5.74) is 0.489. The van der Waals surface area contributed by atoms with Gasteiger partial charge in [-0.2, -0.15) is 0 Å². The number of carbonyl (C=O) groups excluding carboxylic acids is 2. The second-order valence-corrected chi connectivity index (χ2v) is 5.76. The van der Waals surface area contributed by atoms with Gasteiger partial charge in [0, 0.05) is 38.4 Å². The van der Waals surface area contributed by atoms with Gasteiger partial charge in [0.1, 0.15) is 5.69 Å². The molecule has 1 N–H and O–H groups in total. The molecule has 6 heteroatoms. The van der Waals surface area contributed by atoms with Gasteiger partial charge in [-0.05, 0) is 25.0 Å². The predicted octanol–water partition coefficient (Wildman–Crippen LogP) is 0.118. The Hall–Kier alpha value is -1.95. The number of hydrogen-bond acceptors (Lipinski definition) is 4. The molecular formula is C15H20N4O2. The molecule has 1 atom stereocenters. The van der Waals surface area contributed by atoms with Gasteiger partial charge in [-0.1, -0.05) is 6.07 Å². The normalized spacial score (nSPS) is 24.9. The summed E-state index contributed by atoms with van der Waals surface area (Å²) in [7, 11) is 1.65. The first-order valence-electron chi connectivity index (χ1n) is 7.31. The van der Waals surface area contributed by atoms with Gasteiger partial charge in [0.15, 0.2) is 0 Å². The third kappa shape index (κ3) is 2.51. The molecule has 2 aliphatic rings. The summed E-state index contributed by atoms with van der Waals surface area (Å²) in [6, 6.07) is 5.38. The van der Waals surface area contributed by atoms with E-state index in [0.717, 1.165) is 25.9 Å². The van der Waals surface area contributed by atoms with Gasteiger partial charge in [0.25, 0.3) is 5.91 Å².